The summed E-state index contributed by atoms with van der Waals surface area (Å²) in [4.78, 5) is 8.66. The molecule has 0 saturated heterocycles. The van der Waals surface area contributed by atoms with Crippen LogP contribution < -0.4 is 19.5 Å². The van der Waals surface area contributed by atoms with Crippen LogP contribution in [0.5, 0.6) is 23.1 Å². The smallest absolute Gasteiger partial charge is 0.228 e. The molecular weight excluding hydrogens is 270 g/mol. The van der Waals surface area contributed by atoms with E-state index >= 15 is 0 Å². The van der Waals surface area contributed by atoms with E-state index in [4.69, 9.17) is 14.2 Å². The van der Waals surface area contributed by atoms with Crippen molar-refractivity contribution in [2.45, 2.75) is 13.8 Å². The van der Waals surface area contributed by atoms with Crippen molar-refractivity contribution in [2.75, 3.05) is 26.6 Å². The summed E-state index contributed by atoms with van der Waals surface area (Å²) in [6.45, 7) is 3.70. The normalized spacial score (nSPS) is 10.1. The van der Waals surface area contributed by atoms with Crippen LogP contribution in [0.3, 0.4) is 0 Å². The summed E-state index contributed by atoms with van der Waals surface area (Å²) in [5, 5.41) is 3.03. The highest BCUT2D eigenvalue weighted by Crippen LogP contribution is 2.40. The van der Waals surface area contributed by atoms with Gasteiger partial charge in [-0.05, 0) is 26.0 Å². The Kier molecular flexibility index (Phi) is 4.47. The fourth-order valence-electron chi connectivity index (χ4n) is 1.96. The van der Waals surface area contributed by atoms with Gasteiger partial charge in [0.05, 0.1) is 19.8 Å². The number of aryl methyl sites for hydroxylation is 1. The summed E-state index contributed by atoms with van der Waals surface area (Å²) in [5.41, 5.74) is 0.816. The van der Waals surface area contributed by atoms with E-state index in [1.54, 1.807) is 26.4 Å². The predicted octanol–water partition coefficient (Wildman–Crippen LogP) is 2.94. The van der Waals surface area contributed by atoms with E-state index in [-0.39, 0.29) is 0 Å². The first-order valence-corrected chi connectivity index (χ1v) is 6.52. The first-order valence-electron chi connectivity index (χ1n) is 6.52. The molecule has 0 bridgehead atoms. The van der Waals surface area contributed by atoms with Crippen molar-refractivity contribution in [1.82, 2.24) is 9.97 Å². The second-order valence-electron chi connectivity index (χ2n) is 4.39. The van der Waals surface area contributed by atoms with E-state index in [2.05, 4.69) is 15.3 Å². The molecule has 0 saturated carbocycles. The van der Waals surface area contributed by atoms with Crippen molar-refractivity contribution in [3.05, 3.63) is 29.6 Å². The minimum atomic E-state index is 0.467. The van der Waals surface area contributed by atoms with Crippen LogP contribution in [-0.4, -0.2) is 31.2 Å². The van der Waals surface area contributed by atoms with Crippen LogP contribution in [-0.2, 0) is 0 Å². The summed E-state index contributed by atoms with van der Waals surface area (Å²) in [7, 11) is 4.97. The summed E-state index contributed by atoms with van der Waals surface area (Å²) in [5.74, 6) is 3.47. The Bertz CT molecular complexity index is 622. The average Bonchev–Trinajstić information content (AvgIpc) is 2.50. The third-order valence-corrected chi connectivity index (χ3v) is 3.03. The minimum Gasteiger partial charge on any atom is -0.493 e. The van der Waals surface area contributed by atoms with Gasteiger partial charge in [-0.15, -0.1) is 0 Å². The van der Waals surface area contributed by atoms with Gasteiger partial charge < -0.3 is 19.5 Å². The van der Waals surface area contributed by atoms with E-state index in [1.807, 2.05) is 27.0 Å². The zero-order chi connectivity index (χ0) is 15.4. The molecule has 0 aliphatic rings. The molecule has 0 unspecified atom stereocenters. The number of aromatic nitrogens is 2. The number of hydrogen-bond acceptors (Lipinski definition) is 6. The minimum absolute atomic E-state index is 0.467. The molecule has 0 aliphatic carbocycles. The standard InChI is InChI=1S/C15H19N3O3/c1-9-14(16-3)17-10(2)18-15(9)21-13-11(19-4)7-6-8-12(13)20-5/h6-8H,1-5H3,(H,16,17,18). The molecule has 112 valence electrons. The van der Waals surface area contributed by atoms with Crippen LogP contribution in [0.2, 0.25) is 0 Å². The summed E-state index contributed by atoms with van der Waals surface area (Å²) >= 11 is 0. The molecule has 1 heterocycles. The number of methoxy groups -OCH3 is 2. The van der Waals surface area contributed by atoms with Crippen LogP contribution in [0.4, 0.5) is 5.82 Å². The Balaban J connectivity index is 2.50. The van der Waals surface area contributed by atoms with Crippen LogP contribution in [0.25, 0.3) is 0 Å². The second kappa shape index (κ2) is 6.30. The Morgan fingerprint density at radius 2 is 1.62 bits per heavy atom. The number of nitrogens with one attached hydrogen (secondary N) is 1. The molecule has 0 spiro atoms. The summed E-state index contributed by atoms with van der Waals surface area (Å²) in [6.07, 6.45) is 0. The van der Waals surface area contributed by atoms with Gasteiger partial charge in [-0.1, -0.05) is 6.07 Å². The monoisotopic (exact) mass is 289 g/mol. The molecule has 2 rings (SSSR count). The second-order valence-corrected chi connectivity index (χ2v) is 4.39. The lowest BCUT2D eigenvalue weighted by atomic mass is 10.3. The van der Waals surface area contributed by atoms with Crippen LogP contribution in [0.15, 0.2) is 18.2 Å². The molecule has 0 atom stereocenters. The maximum absolute atomic E-state index is 5.94. The van der Waals surface area contributed by atoms with E-state index in [0.29, 0.717) is 29.0 Å². The first-order chi connectivity index (χ1) is 10.1. The lowest BCUT2D eigenvalue weighted by Gasteiger charge is -2.15. The third-order valence-electron chi connectivity index (χ3n) is 3.03. The van der Waals surface area contributed by atoms with Gasteiger partial charge in [0.15, 0.2) is 11.5 Å². The molecule has 6 heteroatoms. The molecule has 0 aliphatic heterocycles. The molecule has 21 heavy (non-hydrogen) atoms. The lowest BCUT2D eigenvalue weighted by Crippen LogP contribution is -2.04. The zero-order valence-electron chi connectivity index (χ0n) is 12.9. The van der Waals surface area contributed by atoms with E-state index in [1.165, 1.54) is 0 Å². The number of anilines is 1. The summed E-state index contributed by atoms with van der Waals surface area (Å²) < 4.78 is 16.6. The molecular formula is C15H19N3O3. The van der Waals surface area contributed by atoms with E-state index in [0.717, 1.165) is 11.4 Å². The van der Waals surface area contributed by atoms with E-state index in [9.17, 15) is 0 Å². The van der Waals surface area contributed by atoms with Gasteiger partial charge in [0.2, 0.25) is 11.6 Å². The van der Waals surface area contributed by atoms with Crippen molar-refractivity contribution in [3.63, 3.8) is 0 Å². The van der Waals surface area contributed by atoms with Gasteiger partial charge >= 0.3 is 0 Å². The largest absolute Gasteiger partial charge is 0.493 e. The molecule has 1 aromatic carbocycles. The van der Waals surface area contributed by atoms with Crippen molar-refractivity contribution >= 4 is 5.82 Å². The van der Waals surface area contributed by atoms with Crippen molar-refractivity contribution < 1.29 is 14.2 Å². The number of nitrogens with zero attached hydrogens (tertiary/aromatic N) is 2. The van der Waals surface area contributed by atoms with Crippen molar-refractivity contribution in [1.29, 1.82) is 0 Å². The molecule has 0 radical (unpaired) electrons. The fourth-order valence-corrected chi connectivity index (χ4v) is 1.96. The van der Waals surface area contributed by atoms with Crippen molar-refractivity contribution in [3.8, 4) is 23.1 Å². The Morgan fingerprint density at radius 3 is 2.14 bits per heavy atom. The van der Waals surface area contributed by atoms with Gasteiger partial charge in [0.25, 0.3) is 0 Å². The predicted molar refractivity (Wildman–Crippen MR) is 80.7 cm³/mol. The topological polar surface area (TPSA) is 65.5 Å². The Hall–Kier alpha value is -2.50. The van der Waals surface area contributed by atoms with Crippen LogP contribution in [0, 0.1) is 13.8 Å². The van der Waals surface area contributed by atoms with Gasteiger partial charge in [-0.25, -0.2) is 4.98 Å². The molecule has 0 amide bonds. The number of para-hydroxylation sites is 1. The zero-order valence-corrected chi connectivity index (χ0v) is 12.9. The van der Waals surface area contributed by atoms with Crippen LogP contribution >= 0.6 is 0 Å². The van der Waals surface area contributed by atoms with Gasteiger partial charge in [-0.3, -0.25) is 0 Å². The number of hydrogen-bond donors (Lipinski definition) is 1. The van der Waals surface area contributed by atoms with Gasteiger partial charge in [0, 0.05) is 7.05 Å². The van der Waals surface area contributed by atoms with Gasteiger partial charge in [0.1, 0.15) is 11.6 Å². The van der Waals surface area contributed by atoms with Gasteiger partial charge in [-0.2, -0.15) is 4.98 Å². The molecule has 2 aromatic rings. The van der Waals surface area contributed by atoms with E-state index < -0.39 is 0 Å². The molecule has 1 aromatic heterocycles. The highest BCUT2D eigenvalue weighted by molar-refractivity contribution is 5.55. The molecule has 6 nitrogen and oxygen atoms in total. The highest BCUT2D eigenvalue weighted by atomic mass is 16.5. The highest BCUT2D eigenvalue weighted by Gasteiger charge is 2.16. The lowest BCUT2D eigenvalue weighted by molar-refractivity contribution is 0.340. The molecule has 0 fully saturated rings. The Labute approximate surface area is 124 Å². The Morgan fingerprint density at radius 1 is 1.00 bits per heavy atom. The number of ether oxygens (including phenoxy) is 3. The van der Waals surface area contributed by atoms with Crippen molar-refractivity contribution in [2.24, 2.45) is 0 Å². The quantitative estimate of drug-likeness (QED) is 0.913. The maximum atomic E-state index is 5.94. The average molecular weight is 289 g/mol. The fraction of sp³-hybridized carbons (Fsp3) is 0.333. The maximum Gasteiger partial charge on any atom is 0.228 e. The summed E-state index contributed by atoms with van der Waals surface area (Å²) in [6, 6.07) is 5.45. The SMILES string of the molecule is CNc1nc(C)nc(Oc2c(OC)cccc2OC)c1C. The third kappa shape index (κ3) is 2.99. The number of benzene rings is 1. The van der Waals surface area contributed by atoms with Crippen LogP contribution in [0.1, 0.15) is 11.4 Å². The molecule has 1 N–H and O–H groups in total. The first kappa shape index (κ1) is 14.9. The number of rotatable bonds is 5.